The molecule has 2 N–H and O–H groups in total. The fourth-order valence-electron chi connectivity index (χ4n) is 3.28. The maximum atomic E-state index is 6.05. The molecule has 0 radical (unpaired) electrons. The van der Waals surface area contributed by atoms with Crippen molar-refractivity contribution in [1.82, 2.24) is 14.5 Å². The number of fused-ring (bicyclic) bond motifs is 1. The van der Waals surface area contributed by atoms with Crippen molar-refractivity contribution in [1.29, 1.82) is 0 Å². The highest BCUT2D eigenvalue weighted by molar-refractivity contribution is 6.31. The van der Waals surface area contributed by atoms with Crippen LogP contribution < -0.4 is 5.73 Å². The molecule has 1 atom stereocenters. The topological polar surface area (TPSA) is 47.1 Å². The van der Waals surface area contributed by atoms with Crippen molar-refractivity contribution in [2.75, 3.05) is 18.8 Å². The Hall–Kier alpha value is -1.26. The van der Waals surface area contributed by atoms with Gasteiger partial charge in [-0.15, -0.1) is 0 Å². The molecule has 1 saturated heterocycles. The molecule has 114 valence electrons. The number of hydrogen-bond acceptors (Lipinski definition) is 3. The van der Waals surface area contributed by atoms with Crippen LogP contribution in [-0.4, -0.2) is 33.6 Å². The molecule has 0 saturated carbocycles. The van der Waals surface area contributed by atoms with E-state index in [-0.39, 0.29) is 0 Å². The van der Waals surface area contributed by atoms with Gasteiger partial charge in [0.2, 0.25) is 5.95 Å². The zero-order valence-electron chi connectivity index (χ0n) is 12.6. The fraction of sp³-hybridized carbons (Fsp3) is 0.562. The number of piperidine rings is 1. The lowest BCUT2D eigenvalue weighted by atomic mass is 10.0. The van der Waals surface area contributed by atoms with Gasteiger partial charge in [-0.25, -0.2) is 4.98 Å². The number of imidazole rings is 1. The van der Waals surface area contributed by atoms with E-state index in [4.69, 9.17) is 17.3 Å². The Kier molecular flexibility index (Phi) is 4.36. The van der Waals surface area contributed by atoms with Crippen molar-refractivity contribution in [2.45, 2.75) is 45.2 Å². The maximum Gasteiger partial charge on any atom is 0.201 e. The number of benzene rings is 1. The average Bonchev–Trinajstić information content (AvgIpc) is 2.76. The van der Waals surface area contributed by atoms with Crippen LogP contribution in [0.1, 0.15) is 32.6 Å². The number of nitrogens with two attached hydrogens (primary N) is 1. The molecule has 2 heterocycles. The molecule has 0 spiro atoms. The molecule has 2 aromatic rings. The first-order chi connectivity index (χ1) is 10.1. The Morgan fingerprint density at radius 1 is 1.33 bits per heavy atom. The van der Waals surface area contributed by atoms with E-state index in [0.29, 0.717) is 11.0 Å². The van der Waals surface area contributed by atoms with E-state index in [1.54, 1.807) is 0 Å². The van der Waals surface area contributed by atoms with Crippen LogP contribution in [0, 0.1) is 0 Å². The number of anilines is 1. The van der Waals surface area contributed by atoms with Gasteiger partial charge in [0.25, 0.3) is 0 Å². The number of hydrogen-bond donors (Lipinski definition) is 1. The van der Waals surface area contributed by atoms with Gasteiger partial charge >= 0.3 is 0 Å². The van der Waals surface area contributed by atoms with Gasteiger partial charge in [0.15, 0.2) is 0 Å². The van der Waals surface area contributed by atoms with Crippen LogP contribution in [0.5, 0.6) is 0 Å². The van der Waals surface area contributed by atoms with Gasteiger partial charge in [0.1, 0.15) is 0 Å². The van der Waals surface area contributed by atoms with Crippen LogP contribution in [0.3, 0.4) is 0 Å². The summed E-state index contributed by atoms with van der Waals surface area (Å²) in [6.07, 6.45) is 5.13. The number of halogens is 1. The average molecular weight is 307 g/mol. The molecule has 3 rings (SSSR count). The maximum absolute atomic E-state index is 6.05. The normalized spacial score (nSPS) is 20.2. The first-order valence-electron chi connectivity index (χ1n) is 7.80. The number of likely N-dealkylation sites (tertiary alicyclic amines) is 1. The van der Waals surface area contributed by atoms with E-state index in [1.807, 2.05) is 18.2 Å². The zero-order chi connectivity index (χ0) is 14.8. The Bertz CT molecular complexity index is 622. The quantitative estimate of drug-likeness (QED) is 0.940. The minimum absolute atomic E-state index is 0.582. The third-order valence-electron chi connectivity index (χ3n) is 4.51. The van der Waals surface area contributed by atoms with Crippen molar-refractivity contribution in [3.05, 3.63) is 23.2 Å². The van der Waals surface area contributed by atoms with E-state index >= 15 is 0 Å². The summed E-state index contributed by atoms with van der Waals surface area (Å²) < 4.78 is 2.10. The van der Waals surface area contributed by atoms with Gasteiger partial charge in [0, 0.05) is 24.2 Å². The van der Waals surface area contributed by atoms with Crippen LogP contribution >= 0.6 is 11.6 Å². The van der Waals surface area contributed by atoms with Gasteiger partial charge < -0.3 is 15.2 Å². The summed E-state index contributed by atoms with van der Waals surface area (Å²) in [6, 6.07) is 6.49. The third-order valence-corrected chi connectivity index (χ3v) is 4.74. The third kappa shape index (κ3) is 3.16. The van der Waals surface area contributed by atoms with E-state index in [9.17, 15) is 0 Å². The summed E-state index contributed by atoms with van der Waals surface area (Å²) in [5.41, 5.74) is 8.00. The standard InChI is InChI=1S/C16H23ClN4/c1-12-5-2-3-8-20(12)9-4-10-21-15-7-6-13(17)11-14(15)19-16(21)18/h6-7,11-12H,2-5,8-10H2,1H3,(H2,18,19). The number of rotatable bonds is 4. The van der Waals surface area contributed by atoms with Crippen LogP contribution in [0.15, 0.2) is 18.2 Å². The number of aryl methyl sites for hydroxylation is 1. The first kappa shape index (κ1) is 14.7. The van der Waals surface area contributed by atoms with Gasteiger partial charge in [-0.05, 0) is 50.9 Å². The monoisotopic (exact) mass is 306 g/mol. The molecule has 21 heavy (non-hydrogen) atoms. The Morgan fingerprint density at radius 2 is 2.19 bits per heavy atom. The summed E-state index contributed by atoms with van der Waals surface area (Å²) in [7, 11) is 0. The van der Waals surface area contributed by atoms with Crippen molar-refractivity contribution in [3.63, 3.8) is 0 Å². The largest absolute Gasteiger partial charge is 0.369 e. The van der Waals surface area contributed by atoms with Crippen LogP contribution in [0.25, 0.3) is 11.0 Å². The number of nitrogens with zero attached hydrogens (tertiary/aromatic N) is 3. The summed E-state index contributed by atoms with van der Waals surface area (Å²) in [6.45, 7) is 5.61. The van der Waals surface area contributed by atoms with Crippen molar-refractivity contribution in [2.24, 2.45) is 0 Å². The van der Waals surface area contributed by atoms with E-state index in [2.05, 4.69) is 21.4 Å². The molecule has 1 aromatic carbocycles. The molecule has 5 heteroatoms. The van der Waals surface area contributed by atoms with E-state index in [1.165, 1.54) is 25.8 Å². The highest BCUT2D eigenvalue weighted by Gasteiger charge is 2.17. The van der Waals surface area contributed by atoms with Crippen molar-refractivity contribution >= 4 is 28.6 Å². The minimum atomic E-state index is 0.582. The van der Waals surface area contributed by atoms with Gasteiger partial charge in [0.05, 0.1) is 11.0 Å². The van der Waals surface area contributed by atoms with Gasteiger partial charge in [-0.2, -0.15) is 0 Å². The molecular weight excluding hydrogens is 284 g/mol. The molecule has 1 aliphatic heterocycles. The van der Waals surface area contributed by atoms with Gasteiger partial charge in [-0.3, -0.25) is 0 Å². The van der Waals surface area contributed by atoms with Crippen LogP contribution in [0.2, 0.25) is 5.02 Å². The predicted molar refractivity (Wildman–Crippen MR) is 88.7 cm³/mol. The fourth-order valence-corrected chi connectivity index (χ4v) is 3.44. The summed E-state index contributed by atoms with van der Waals surface area (Å²) in [5, 5.41) is 0.703. The molecule has 0 aliphatic carbocycles. The molecular formula is C16H23ClN4. The molecule has 0 bridgehead atoms. The van der Waals surface area contributed by atoms with Crippen LogP contribution in [0.4, 0.5) is 5.95 Å². The Morgan fingerprint density at radius 3 is 3.00 bits per heavy atom. The SMILES string of the molecule is CC1CCCCN1CCCn1c(N)nc2cc(Cl)ccc21. The van der Waals surface area contributed by atoms with Crippen molar-refractivity contribution in [3.8, 4) is 0 Å². The van der Waals surface area contributed by atoms with Crippen LogP contribution in [-0.2, 0) is 6.54 Å². The lowest BCUT2D eigenvalue weighted by molar-refractivity contribution is 0.157. The van der Waals surface area contributed by atoms with E-state index in [0.717, 1.165) is 36.6 Å². The Balaban J connectivity index is 1.66. The number of aromatic nitrogens is 2. The molecule has 0 amide bonds. The molecule has 1 aliphatic rings. The number of nitrogen functional groups attached to an aromatic ring is 1. The molecule has 1 unspecified atom stereocenters. The second-order valence-corrected chi connectivity index (χ2v) is 6.43. The summed E-state index contributed by atoms with van der Waals surface area (Å²) >= 11 is 6.01. The highest BCUT2D eigenvalue weighted by Crippen LogP contribution is 2.22. The predicted octanol–water partition coefficient (Wildman–Crippen LogP) is 3.54. The molecule has 4 nitrogen and oxygen atoms in total. The second kappa shape index (κ2) is 6.24. The van der Waals surface area contributed by atoms with E-state index < -0.39 is 0 Å². The second-order valence-electron chi connectivity index (χ2n) is 5.99. The zero-order valence-corrected chi connectivity index (χ0v) is 13.3. The molecule has 1 fully saturated rings. The lowest BCUT2D eigenvalue weighted by Gasteiger charge is -2.33. The molecule has 1 aromatic heterocycles. The summed E-state index contributed by atoms with van der Waals surface area (Å²) in [4.78, 5) is 6.99. The smallest absolute Gasteiger partial charge is 0.201 e. The van der Waals surface area contributed by atoms with Gasteiger partial charge in [-0.1, -0.05) is 18.0 Å². The highest BCUT2D eigenvalue weighted by atomic mass is 35.5. The minimum Gasteiger partial charge on any atom is -0.369 e. The Labute approximate surface area is 130 Å². The lowest BCUT2D eigenvalue weighted by Crippen LogP contribution is -2.38. The summed E-state index contributed by atoms with van der Waals surface area (Å²) in [5.74, 6) is 0.582. The van der Waals surface area contributed by atoms with Crippen molar-refractivity contribution < 1.29 is 0 Å². The first-order valence-corrected chi connectivity index (χ1v) is 8.18.